The summed E-state index contributed by atoms with van der Waals surface area (Å²) in [4.78, 5) is 28.6. The van der Waals surface area contributed by atoms with Crippen LogP contribution in [0.5, 0.6) is 5.75 Å². The average Bonchev–Trinajstić information content (AvgIpc) is 2.54. The highest BCUT2D eigenvalue weighted by Gasteiger charge is 2.32. The molecule has 0 spiro atoms. The van der Waals surface area contributed by atoms with Crippen molar-refractivity contribution in [1.82, 2.24) is 9.80 Å². The third kappa shape index (κ3) is 3.78. The number of methoxy groups -OCH3 is 1. The van der Waals surface area contributed by atoms with Crippen molar-refractivity contribution in [3.63, 3.8) is 0 Å². The second kappa shape index (κ2) is 7.19. The molecule has 24 heavy (non-hydrogen) atoms. The minimum atomic E-state index is -0.425. The fourth-order valence-corrected chi connectivity index (χ4v) is 3.14. The largest absolute Gasteiger partial charge is 0.494 e. The van der Waals surface area contributed by atoms with E-state index in [1.165, 1.54) is 7.11 Å². The summed E-state index contributed by atoms with van der Waals surface area (Å²) < 4.78 is 5.24. The molecule has 1 saturated heterocycles. The smallest absolute Gasteiger partial charge is 0.259 e. The molecule has 0 atom stereocenters. The van der Waals surface area contributed by atoms with E-state index in [1.807, 2.05) is 20.8 Å². The Balaban J connectivity index is 2.15. The van der Waals surface area contributed by atoms with Crippen LogP contribution in [-0.2, 0) is 4.79 Å². The van der Waals surface area contributed by atoms with Crippen LogP contribution in [0.15, 0.2) is 12.1 Å². The van der Waals surface area contributed by atoms with Gasteiger partial charge in [-0.15, -0.1) is 0 Å². The number of piperazine rings is 1. The number of nitrogens with zero attached hydrogens (tertiary/aromatic N) is 2. The van der Waals surface area contributed by atoms with E-state index in [9.17, 15) is 9.59 Å². The molecule has 0 radical (unpaired) electrons. The van der Waals surface area contributed by atoms with Crippen LogP contribution in [-0.4, -0.2) is 54.9 Å². The first-order valence-corrected chi connectivity index (χ1v) is 8.53. The van der Waals surface area contributed by atoms with Crippen molar-refractivity contribution in [1.29, 1.82) is 0 Å². The van der Waals surface area contributed by atoms with Crippen LogP contribution < -0.4 is 4.74 Å². The fourth-order valence-electron chi connectivity index (χ4n) is 2.68. The maximum atomic E-state index is 12.8. The zero-order chi connectivity index (χ0) is 18.1. The minimum absolute atomic E-state index is 0.0907. The van der Waals surface area contributed by atoms with E-state index in [-0.39, 0.29) is 23.1 Å². The first kappa shape index (κ1) is 18.9. The summed E-state index contributed by atoms with van der Waals surface area (Å²) in [6, 6.07) is 3.18. The monoisotopic (exact) mass is 372 g/mol. The topological polar surface area (TPSA) is 49.9 Å². The number of hydrogen-bond donors (Lipinski definition) is 0. The van der Waals surface area contributed by atoms with Gasteiger partial charge in [-0.1, -0.05) is 44.0 Å². The summed E-state index contributed by atoms with van der Waals surface area (Å²) in [5, 5.41) is 0.640. The Morgan fingerprint density at radius 1 is 1.00 bits per heavy atom. The first-order chi connectivity index (χ1) is 11.2. The van der Waals surface area contributed by atoms with Crippen LogP contribution in [0, 0.1) is 5.41 Å². The van der Waals surface area contributed by atoms with Gasteiger partial charge in [-0.25, -0.2) is 0 Å². The summed E-state index contributed by atoms with van der Waals surface area (Å²) in [5.74, 6) is 0.137. The number of hydrogen-bond acceptors (Lipinski definition) is 3. The lowest BCUT2D eigenvalue weighted by atomic mass is 9.94. The zero-order valence-corrected chi connectivity index (χ0v) is 15.9. The number of rotatable bonds is 2. The normalized spacial score (nSPS) is 15.4. The van der Waals surface area contributed by atoms with Crippen LogP contribution >= 0.6 is 23.2 Å². The lowest BCUT2D eigenvalue weighted by Crippen LogP contribution is -2.53. The Bertz CT molecular complexity index is 648. The number of ether oxygens (including phenoxy) is 1. The number of halogens is 2. The lowest BCUT2D eigenvalue weighted by molar-refractivity contribution is -0.140. The van der Waals surface area contributed by atoms with Gasteiger partial charge in [-0.3, -0.25) is 9.59 Å². The van der Waals surface area contributed by atoms with Gasteiger partial charge >= 0.3 is 0 Å². The molecule has 0 N–H and O–H groups in total. The summed E-state index contributed by atoms with van der Waals surface area (Å²) in [7, 11) is 1.45. The molecule has 0 saturated carbocycles. The van der Waals surface area contributed by atoms with Crippen LogP contribution in [0.2, 0.25) is 10.0 Å². The molecule has 2 amide bonds. The van der Waals surface area contributed by atoms with Gasteiger partial charge in [-0.05, 0) is 12.1 Å². The van der Waals surface area contributed by atoms with Crippen molar-refractivity contribution >= 4 is 35.0 Å². The highest BCUT2D eigenvalue weighted by atomic mass is 35.5. The van der Waals surface area contributed by atoms with Crippen molar-refractivity contribution in [2.24, 2.45) is 5.41 Å². The van der Waals surface area contributed by atoms with E-state index in [4.69, 9.17) is 27.9 Å². The Morgan fingerprint density at radius 2 is 1.50 bits per heavy atom. The highest BCUT2D eigenvalue weighted by molar-refractivity contribution is 6.37. The SMILES string of the molecule is COc1c(Cl)ccc(Cl)c1C(=O)N1CCN(C(=O)C(C)(C)C)CC1. The van der Waals surface area contributed by atoms with Gasteiger partial charge in [0.15, 0.2) is 5.75 Å². The summed E-state index contributed by atoms with van der Waals surface area (Å²) in [5.41, 5.74) is -0.159. The van der Waals surface area contributed by atoms with Gasteiger partial charge in [0, 0.05) is 31.6 Å². The van der Waals surface area contributed by atoms with Gasteiger partial charge in [0.05, 0.1) is 17.2 Å². The molecule has 0 aliphatic carbocycles. The Kier molecular flexibility index (Phi) is 5.66. The van der Waals surface area contributed by atoms with Crippen molar-refractivity contribution in [3.05, 3.63) is 27.7 Å². The van der Waals surface area contributed by atoms with E-state index < -0.39 is 5.41 Å². The summed E-state index contributed by atoms with van der Waals surface area (Å²) in [6.07, 6.45) is 0. The number of amides is 2. The van der Waals surface area contributed by atoms with E-state index in [2.05, 4.69) is 0 Å². The predicted octanol–water partition coefficient (Wildman–Crippen LogP) is 3.33. The molecule has 1 aliphatic heterocycles. The average molecular weight is 373 g/mol. The number of carbonyl (C=O) groups is 2. The summed E-state index contributed by atoms with van der Waals surface area (Å²) in [6.45, 7) is 7.58. The molecule has 132 valence electrons. The molecule has 1 aliphatic rings. The zero-order valence-electron chi connectivity index (χ0n) is 14.4. The molecule has 5 nitrogen and oxygen atoms in total. The van der Waals surface area contributed by atoms with Gasteiger partial charge < -0.3 is 14.5 Å². The Morgan fingerprint density at radius 3 is 2.00 bits per heavy atom. The Hall–Kier alpha value is -1.46. The molecule has 1 aromatic carbocycles. The molecule has 2 rings (SSSR count). The molecule has 1 fully saturated rings. The number of benzene rings is 1. The predicted molar refractivity (Wildman–Crippen MR) is 95.0 cm³/mol. The molecular weight excluding hydrogens is 351 g/mol. The van der Waals surface area contributed by atoms with E-state index in [1.54, 1.807) is 21.9 Å². The van der Waals surface area contributed by atoms with Gasteiger partial charge in [0.25, 0.3) is 5.91 Å². The van der Waals surface area contributed by atoms with E-state index in [0.29, 0.717) is 36.2 Å². The van der Waals surface area contributed by atoms with Gasteiger partial charge in [0.2, 0.25) is 5.91 Å². The van der Waals surface area contributed by atoms with E-state index >= 15 is 0 Å². The van der Waals surface area contributed by atoms with Crippen molar-refractivity contribution in [2.45, 2.75) is 20.8 Å². The standard InChI is InChI=1S/C17H22Cl2N2O3/c1-17(2,3)16(23)21-9-7-20(8-10-21)15(22)13-11(18)5-6-12(19)14(13)24-4/h5-6H,7-10H2,1-4H3. The molecule has 0 aromatic heterocycles. The fraction of sp³-hybridized carbons (Fsp3) is 0.529. The molecule has 1 heterocycles. The third-order valence-electron chi connectivity index (χ3n) is 3.97. The van der Waals surface area contributed by atoms with Crippen molar-refractivity contribution in [3.8, 4) is 5.75 Å². The maximum absolute atomic E-state index is 12.8. The second-order valence-electron chi connectivity index (χ2n) is 6.77. The number of carbonyl (C=O) groups excluding carboxylic acids is 2. The molecule has 1 aromatic rings. The lowest BCUT2D eigenvalue weighted by Gasteiger charge is -2.37. The van der Waals surface area contributed by atoms with E-state index in [0.717, 1.165) is 0 Å². The molecule has 0 unspecified atom stereocenters. The molecule has 7 heteroatoms. The quantitative estimate of drug-likeness (QED) is 0.799. The second-order valence-corrected chi connectivity index (χ2v) is 7.59. The molecule has 0 bridgehead atoms. The van der Waals surface area contributed by atoms with Crippen LogP contribution in [0.3, 0.4) is 0 Å². The van der Waals surface area contributed by atoms with Gasteiger partial charge in [0.1, 0.15) is 5.56 Å². The van der Waals surface area contributed by atoms with Crippen LogP contribution in [0.1, 0.15) is 31.1 Å². The third-order valence-corrected chi connectivity index (χ3v) is 4.59. The van der Waals surface area contributed by atoms with Crippen molar-refractivity contribution in [2.75, 3.05) is 33.3 Å². The van der Waals surface area contributed by atoms with Crippen LogP contribution in [0.25, 0.3) is 0 Å². The maximum Gasteiger partial charge on any atom is 0.259 e. The van der Waals surface area contributed by atoms with Crippen LogP contribution in [0.4, 0.5) is 0 Å². The highest BCUT2D eigenvalue weighted by Crippen LogP contribution is 2.35. The summed E-state index contributed by atoms with van der Waals surface area (Å²) >= 11 is 12.3. The Labute approximate surface area is 152 Å². The molecular formula is C17H22Cl2N2O3. The van der Waals surface area contributed by atoms with Crippen molar-refractivity contribution < 1.29 is 14.3 Å². The minimum Gasteiger partial charge on any atom is -0.494 e. The first-order valence-electron chi connectivity index (χ1n) is 7.77. The van der Waals surface area contributed by atoms with Gasteiger partial charge in [-0.2, -0.15) is 0 Å².